The smallest absolute Gasteiger partial charge is 0.221 e. The molecule has 0 fully saturated rings. The van der Waals surface area contributed by atoms with Crippen LogP contribution in [0.1, 0.15) is 107 Å². The molecule has 0 saturated carbocycles. The van der Waals surface area contributed by atoms with Crippen molar-refractivity contribution in [3.63, 3.8) is 0 Å². The van der Waals surface area contributed by atoms with Gasteiger partial charge >= 0.3 is 0 Å². The minimum atomic E-state index is -0.502. The van der Waals surface area contributed by atoms with E-state index in [4.69, 9.17) is 0 Å². The van der Waals surface area contributed by atoms with Crippen LogP contribution < -0.4 is 5.32 Å². The van der Waals surface area contributed by atoms with Crippen molar-refractivity contribution in [3.8, 4) is 0 Å². The molecule has 1 aliphatic rings. The van der Waals surface area contributed by atoms with Crippen molar-refractivity contribution in [2.75, 3.05) is 5.32 Å². The van der Waals surface area contributed by atoms with Crippen molar-refractivity contribution in [3.05, 3.63) is 124 Å². The van der Waals surface area contributed by atoms with Crippen molar-refractivity contribution >= 4 is 11.6 Å². The normalized spacial score (nSPS) is 18.1. The minimum absolute atomic E-state index is 0.0792. The van der Waals surface area contributed by atoms with Crippen molar-refractivity contribution in [1.29, 1.82) is 0 Å². The van der Waals surface area contributed by atoms with Gasteiger partial charge in [0.1, 0.15) is 0 Å². The first kappa shape index (κ1) is 27.0. The standard InChI is InChI=1S/C35H41N5O/c1-21(41)36-23-11-9-22(10-12-23)35(8)30-19-17-28(39-30)33(4,5)26-15-13-24(37-26)32(2,3)25-14-16-27(38-25)34(6,7)29-18-20-31(35)40-29/h9-20,37-40H,1-8H3,(H,36,41). The molecule has 1 aromatic carbocycles. The summed E-state index contributed by atoms with van der Waals surface area (Å²) in [5, 5.41) is 2.90. The lowest BCUT2D eigenvalue weighted by molar-refractivity contribution is -0.114. The Labute approximate surface area is 242 Å². The maximum Gasteiger partial charge on any atom is 0.221 e. The van der Waals surface area contributed by atoms with Crippen LogP contribution in [0, 0.1) is 0 Å². The van der Waals surface area contributed by atoms with Gasteiger partial charge < -0.3 is 25.3 Å². The van der Waals surface area contributed by atoms with Crippen LogP contribution in [-0.2, 0) is 26.5 Å². The molecule has 8 bridgehead atoms. The average Bonchev–Trinajstić information content (AvgIpc) is 3.74. The highest BCUT2D eigenvalue weighted by Crippen LogP contribution is 2.43. The van der Waals surface area contributed by atoms with Crippen LogP contribution in [0.3, 0.4) is 0 Å². The van der Waals surface area contributed by atoms with Gasteiger partial charge in [-0.2, -0.15) is 0 Å². The fraction of sp³-hybridized carbons (Fsp3) is 0.343. The van der Waals surface area contributed by atoms with Crippen LogP contribution in [0.15, 0.2) is 72.8 Å². The first-order chi connectivity index (χ1) is 19.2. The van der Waals surface area contributed by atoms with Gasteiger partial charge in [-0.05, 0) is 115 Å². The number of aromatic nitrogens is 4. The number of hydrogen-bond acceptors (Lipinski definition) is 1. The number of carbonyl (C=O) groups is 1. The molecular weight excluding hydrogens is 506 g/mol. The molecule has 0 aliphatic carbocycles. The Morgan fingerprint density at radius 2 is 0.780 bits per heavy atom. The predicted molar refractivity (Wildman–Crippen MR) is 166 cm³/mol. The molecule has 5 N–H and O–H groups in total. The number of carbonyl (C=O) groups excluding carboxylic acids is 1. The van der Waals surface area contributed by atoms with Gasteiger partial charge in [-0.15, -0.1) is 0 Å². The molecule has 0 spiro atoms. The first-order valence-corrected chi connectivity index (χ1v) is 14.4. The molecule has 6 rings (SSSR count). The van der Waals surface area contributed by atoms with Gasteiger partial charge in [0.05, 0.1) is 5.41 Å². The van der Waals surface area contributed by atoms with E-state index in [1.165, 1.54) is 18.3 Å². The molecule has 6 nitrogen and oxygen atoms in total. The van der Waals surface area contributed by atoms with Crippen molar-refractivity contribution < 1.29 is 4.79 Å². The summed E-state index contributed by atoms with van der Waals surface area (Å²) in [5.74, 6) is -0.0792. The van der Waals surface area contributed by atoms with E-state index >= 15 is 0 Å². The number of benzene rings is 1. The van der Waals surface area contributed by atoms with Gasteiger partial charge in [0.2, 0.25) is 5.91 Å². The number of aromatic amines is 4. The van der Waals surface area contributed by atoms with Crippen molar-refractivity contribution in [1.82, 2.24) is 19.9 Å². The summed E-state index contributed by atoms with van der Waals surface area (Å²) < 4.78 is 0. The maximum atomic E-state index is 11.7. The number of amides is 1. The topological polar surface area (TPSA) is 92.3 Å². The van der Waals surface area contributed by atoms with Crippen molar-refractivity contribution in [2.24, 2.45) is 0 Å². The third-order valence-corrected chi connectivity index (χ3v) is 9.64. The number of rotatable bonds is 2. The quantitative estimate of drug-likeness (QED) is 0.155. The molecule has 5 heterocycles. The number of nitrogens with one attached hydrogen (secondary N) is 5. The monoisotopic (exact) mass is 547 g/mol. The van der Waals surface area contributed by atoms with Crippen LogP contribution in [-0.4, -0.2) is 25.8 Å². The average molecular weight is 548 g/mol. The fourth-order valence-corrected chi connectivity index (χ4v) is 6.33. The molecule has 0 unspecified atom stereocenters. The molecule has 212 valence electrons. The Bertz CT molecular complexity index is 1640. The van der Waals surface area contributed by atoms with Crippen LogP contribution in [0.4, 0.5) is 5.69 Å². The van der Waals surface area contributed by atoms with E-state index in [1.807, 2.05) is 12.1 Å². The van der Waals surface area contributed by atoms with Crippen LogP contribution >= 0.6 is 0 Å². The number of hydrogen-bond donors (Lipinski definition) is 5. The molecule has 0 radical (unpaired) electrons. The maximum absolute atomic E-state index is 11.7. The second-order valence-corrected chi connectivity index (χ2v) is 13.4. The second-order valence-electron chi connectivity index (χ2n) is 13.4. The largest absolute Gasteiger partial charge is 0.361 e. The summed E-state index contributed by atoms with van der Waals surface area (Å²) in [7, 11) is 0. The Morgan fingerprint density at radius 1 is 0.488 bits per heavy atom. The third kappa shape index (κ3) is 4.11. The van der Waals surface area contributed by atoms with E-state index in [2.05, 4.69) is 134 Å². The summed E-state index contributed by atoms with van der Waals surface area (Å²) in [6.07, 6.45) is 0. The number of fused-ring (bicyclic) bond motifs is 8. The van der Waals surface area contributed by atoms with Gasteiger partial charge in [-0.3, -0.25) is 4.79 Å². The Balaban J connectivity index is 1.58. The molecule has 6 heteroatoms. The SMILES string of the molecule is CC(=O)Nc1ccc(C2(C)c3ccc([nH]3)C(C)(C)c3ccc([nH]3)C(C)(C)c3ccc([nH]3)C(C)(C)c3ccc2[nH]3)cc1. The molecule has 5 aromatic rings. The van der Waals surface area contributed by atoms with Gasteiger partial charge in [0, 0.05) is 74.4 Å². The predicted octanol–water partition coefficient (Wildman–Crippen LogP) is 7.60. The summed E-state index contributed by atoms with van der Waals surface area (Å²) in [6, 6.07) is 25.9. The highest BCUT2D eigenvalue weighted by atomic mass is 16.1. The minimum Gasteiger partial charge on any atom is -0.361 e. The molecule has 4 aromatic heterocycles. The van der Waals surface area contributed by atoms with Gasteiger partial charge in [-0.1, -0.05) is 12.1 Å². The summed E-state index contributed by atoms with van der Waals surface area (Å²) in [4.78, 5) is 26.9. The highest BCUT2D eigenvalue weighted by molar-refractivity contribution is 5.88. The lowest BCUT2D eigenvalue weighted by Crippen LogP contribution is -2.29. The van der Waals surface area contributed by atoms with Crippen molar-refractivity contribution in [2.45, 2.75) is 77.0 Å². The number of anilines is 1. The summed E-state index contributed by atoms with van der Waals surface area (Å²) in [6.45, 7) is 17.4. The van der Waals surface area contributed by atoms with Crippen LogP contribution in [0.25, 0.3) is 0 Å². The zero-order valence-electron chi connectivity index (χ0n) is 25.3. The van der Waals surface area contributed by atoms with Gasteiger partial charge in [0.15, 0.2) is 0 Å². The number of H-pyrrole nitrogens is 4. The third-order valence-electron chi connectivity index (χ3n) is 9.64. The van der Waals surface area contributed by atoms with E-state index in [9.17, 15) is 4.79 Å². The zero-order valence-corrected chi connectivity index (χ0v) is 25.3. The van der Waals surface area contributed by atoms with E-state index < -0.39 is 5.41 Å². The Morgan fingerprint density at radius 3 is 1.10 bits per heavy atom. The molecule has 41 heavy (non-hydrogen) atoms. The van der Waals surface area contributed by atoms with E-state index in [0.29, 0.717) is 0 Å². The van der Waals surface area contributed by atoms with Crippen LogP contribution in [0.2, 0.25) is 0 Å². The van der Waals surface area contributed by atoms with Gasteiger partial charge in [-0.25, -0.2) is 0 Å². The molecule has 1 aliphatic heterocycles. The summed E-state index contributed by atoms with van der Waals surface area (Å²) in [5.41, 5.74) is 9.80. The van der Waals surface area contributed by atoms with Gasteiger partial charge in [0.25, 0.3) is 0 Å². The molecular formula is C35H41N5O. The summed E-state index contributed by atoms with van der Waals surface area (Å²) >= 11 is 0. The molecule has 1 amide bonds. The van der Waals surface area contributed by atoms with E-state index in [0.717, 1.165) is 45.4 Å². The highest BCUT2D eigenvalue weighted by Gasteiger charge is 2.39. The molecule has 0 atom stereocenters. The van der Waals surface area contributed by atoms with E-state index in [-0.39, 0.29) is 22.2 Å². The Hall–Kier alpha value is -4.19. The lowest BCUT2D eigenvalue weighted by atomic mass is 9.76. The molecule has 0 saturated heterocycles. The second kappa shape index (κ2) is 8.90. The Kier molecular flexibility index (Phi) is 5.86. The van der Waals surface area contributed by atoms with Crippen LogP contribution in [0.5, 0.6) is 0 Å². The zero-order chi connectivity index (χ0) is 29.4. The van der Waals surface area contributed by atoms with E-state index in [1.54, 1.807) is 0 Å². The first-order valence-electron chi connectivity index (χ1n) is 14.4. The lowest BCUT2D eigenvalue weighted by Gasteiger charge is -2.31. The fourth-order valence-electron chi connectivity index (χ4n) is 6.33.